The van der Waals surface area contributed by atoms with Gasteiger partial charge in [-0.05, 0) is 49.2 Å². The minimum atomic E-state index is -0.408. The fourth-order valence-electron chi connectivity index (χ4n) is 1.69. The second kappa shape index (κ2) is 5.72. The maximum Gasteiger partial charge on any atom is 0.166 e. The molecule has 0 saturated heterocycles. The van der Waals surface area contributed by atoms with Crippen LogP contribution in [0.3, 0.4) is 0 Å². The van der Waals surface area contributed by atoms with Gasteiger partial charge in [-0.1, -0.05) is 28.1 Å². The molecule has 4 heteroatoms. The van der Waals surface area contributed by atoms with Crippen molar-refractivity contribution in [1.82, 2.24) is 0 Å². The van der Waals surface area contributed by atoms with Crippen LogP contribution >= 0.6 is 15.9 Å². The summed E-state index contributed by atoms with van der Waals surface area (Å²) in [7, 11) is 0. The Morgan fingerprint density at radius 2 is 1.89 bits per heavy atom. The van der Waals surface area contributed by atoms with E-state index in [2.05, 4.69) is 15.9 Å². The van der Waals surface area contributed by atoms with Crippen molar-refractivity contribution in [2.75, 3.05) is 0 Å². The third kappa shape index (κ3) is 3.33. The Kier molecular flexibility index (Phi) is 4.22. The summed E-state index contributed by atoms with van der Waals surface area (Å²) in [5.41, 5.74) is 7.41. The second-order valence-corrected chi connectivity index (χ2v) is 5.41. The van der Waals surface area contributed by atoms with Crippen molar-refractivity contribution in [2.24, 2.45) is 5.73 Å². The maximum atomic E-state index is 13.9. The molecule has 0 aliphatic heterocycles. The highest BCUT2D eigenvalue weighted by Crippen LogP contribution is 2.30. The number of benzene rings is 2. The number of ether oxygens (including phenoxy) is 1. The highest BCUT2D eigenvalue weighted by atomic mass is 79.9. The molecule has 0 aromatic heterocycles. The van der Waals surface area contributed by atoms with E-state index in [0.29, 0.717) is 5.75 Å². The highest BCUT2D eigenvalue weighted by molar-refractivity contribution is 9.10. The first-order valence-electron chi connectivity index (χ1n) is 5.96. The van der Waals surface area contributed by atoms with Gasteiger partial charge in [0.2, 0.25) is 0 Å². The Bertz CT molecular complexity index is 599. The predicted molar refractivity (Wildman–Crippen MR) is 78.0 cm³/mol. The van der Waals surface area contributed by atoms with E-state index >= 15 is 0 Å². The van der Waals surface area contributed by atoms with Gasteiger partial charge in [-0.25, -0.2) is 4.39 Å². The Balaban J connectivity index is 2.31. The van der Waals surface area contributed by atoms with Crippen LogP contribution in [-0.2, 0) is 0 Å². The van der Waals surface area contributed by atoms with Crippen LogP contribution in [0.2, 0.25) is 0 Å². The van der Waals surface area contributed by atoms with Crippen molar-refractivity contribution in [2.45, 2.75) is 19.9 Å². The lowest BCUT2D eigenvalue weighted by Gasteiger charge is -2.12. The molecule has 0 radical (unpaired) electrons. The first-order valence-corrected chi connectivity index (χ1v) is 6.75. The van der Waals surface area contributed by atoms with E-state index in [1.807, 2.05) is 32.0 Å². The molecule has 2 N–H and O–H groups in total. The smallest absolute Gasteiger partial charge is 0.166 e. The lowest BCUT2D eigenvalue weighted by molar-refractivity contribution is 0.438. The second-order valence-electron chi connectivity index (χ2n) is 4.49. The van der Waals surface area contributed by atoms with Gasteiger partial charge in [0.15, 0.2) is 11.6 Å². The fraction of sp³-hybridized carbons (Fsp3) is 0.200. The quantitative estimate of drug-likeness (QED) is 0.887. The molecule has 0 aliphatic carbocycles. The molecule has 0 spiro atoms. The van der Waals surface area contributed by atoms with Crippen molar-refractivity contribution in [3.63, 3.8) is 0 Å². The van der Waals surface area contributed by atoms with E-state index in [4.69, 9.17) is 10.5 Å². The molecule has 2 nitrogen and oxygen atoms in total. The highest BCUT2D eigenvalue weighted by Gasteiger charge is 2.09. The summed E-state index contributed by atoms with van der Waals surface area (Å²) in [5, 5.41) is 0. The molecule has 0 fully saturated rings. The number of rotatable bonds is 3. The third-order valence-electron chi connectivity index (χ3n) is 2.85. The Morgan fingerprint density at radius 3 is 2.53 bits per heavy atom. The van der Waals surface area contributed by atoms with Crippen LogP contribution in [0.25, 0.3) is 0 Å². The SMILES string of the molecule is Cc1ccc(Br)cc1Oc1ccc([C@@H](C)N)cc1F. The van der Waals surface area contributed by atoms with E-state index in [9.17, 15) is 4.39 Å². The lowest BCUT2D eigenvalue weighted by atomic mass is 10.1. The maximum absolute atomic E-state index is 13.9. The molecule has 0 bridgehead atoms. The van der Waals surface area contributed by atoms with Crippen LogP contribution in [0, 0.1) is 12.7 Å². The third-order valence-corrected chi connectivity index (χ3v) is 3.35. The Morgan fingerprint density at radius 1 is 1.16 bits per heavy atom. The van der Waals surface area contributed by atoms with Crippen LogP contribution in [0.15, 0.2) is 40.9 Å². The average molecular weight is 324 g/mol. The van der Waals surface area contributed by atoms with Gasteiger partial charge < -0.3 is 10.5 Å². The van der Waals surface area contributed by atoms with E-state index in [1.54, 1.807) is 12.1 Å². The molecular weight excluding hydrogens is 309 g/mol. The summed E-state index contributed by atoms with van der Waals surface area (Å²) in [4.78, 5) is 0. The van der Waals surface area contributed by atoms with Crippen molar-refractivity contribution in [1.29, 1.82) is 0 Å². The zero-order chi connectivity index (χ0) is 14.0. The molecule has 100 valence electrons. The number of aryl methyl sites for hydroxylation is 1. The normalized spacial score (nSPS) is 12.3. The summed E-state index contributed by atoms with van der Waals surface area (Å²) in [6.07, 6.45) is 0. The molecule has 2 rings (SSSR count). The molecule has 2 aromatic carbocycles. The van der Waals surface area contributed by atoms with E-state index < -0.39 is 5.82 Å². The predicted octanol–water partition coefficient (Wildman–Crippen LogP) is 4.71. The Hall–Kier alpha value is -1.39. The van der Waals surface area contributed by atoms with Gasteiger partial charge in [0.1, 0.15) is 5.75 Å². The topological polar surface area (TPSA) is 35.2 Å². The lowest BCUT2D eigenvalue weighted by Crippen LogP contribution is -2.05. The van der Waals surface area contributed by atoms with Gasteiger partial charge in [0.05, 0.1) is 0 Å². The summed E-state index contributed by atoms with van der Waals surface area (Å²) in [5.74, 6) is 0.418. The zero-order valence-corrected chi connectivity index (χ0v) is 12.4. The van der Waals surface area contributed by atoms with Crippen molar-refractivity contribution in [3.8, 4) is 11.5 Å². The molecule has 19 heavy (non-hydrogen) atoms. The molecule has 0 heterocycles. The summed E-state index contributed by atoms with van der Waals surface area (Å²) >= 11 is 3.37. The zero-order valence-electron chi connectivity index (χ0n) is 10.8. The van der Waals surface area contributed by atoms with Crippen LogP contribution in [-0.4, -0.2) is 0 Å². The van der Waals surface area contributed by atoms with Gasteiger partial charge >= 0.3 is 0 Å². The molecule has 2 aromatic rings. The number of halogens is 2. The average Bonchev–Trinajstić information content (AvgIpc) is 2.36. The largest absolute Gasteiger partial charge is 0.454 e. The molecule has 0 saturated carbocycles. The number of nitrogens with two attached hydrogens (primary N) is 1. The van der Waals surface area contributed by atoms with Crippen LogP contribution in [0.4, 0.5) is 4.39 Å². The van der Waals surface area contributed by atoms with Gasteiger partial charge in [-0.15, -0.1) is 0 Å². The van der Waals surface area contributed by atoms with Crippen molar-refractivity contribution < 1.29 is 9.13 Å². The van der Waals surface area contributed by atoms with Crippen LogP contribution < -0.4 is 10.5 Å². The molecule has 1 atom stereocenters. The van der Waals surface area contributed by atoms with Crippen LogP contribution in [0.1, 0.15) is 24.1 Å². The minimum Gasteiger partial charge on any atom is -0.454 e. The standard InChI is InChI=1S/C15H15BrFNO/c1-9-3-5-12(16)8-15(9)19-14-6-4-11(10(2)18)7-13(14)17/h3-8,10H,18H2,1-2H3/t10-/m1/s1. The van der Waals surface area contributed by atoms with Gasteiger partial charge in [0.25, 0.3) is 0 Å². The molecular formula is C15H15BrFNO. The summed E-state index contributed by atoms with van der Waals surface area (Å²) in [6, 6.07) is 10.2. The molecule has 0 amide bonds. The first-order chi connectivity index (χ1) is 8.97. The number of hydrogen-bond donors (Lipinski definition) is 1. The molecule has 0 aliphatic rings. The Labute approximate surface area is 120 Å². The van der Waals surface area contributed by atoms with Gasteiger partial charge in [-0.2, -0.15) is 0 Å². The summed E-state index contributed by atoms with van der Waals surface area (Å²) in [6.45, 7) is 3.73. The van der Waals surface area contributed by atoms with Crippen molar-refractivity contribution in [3.05, 3.63) is 57.8 Å². The molecule has 0 unspecified atom stereocenters. The van der Waals surface area contributed by atoms with Gasteiger partial charge in [-0.3, -0.25) is 0 Å². The number of hydrogen-bond acceptors (Lipinski definition) is 2. The fourth-order valence-corrected chi connectivity index (χ4v) is 2.03. The van der Waals surface area contributed by atoms with E-state index in [0.717, 1.165) is 15.6 Å². The summed E-state index contributed by atoms with van der Waals surface area (Å²) < 4.78 is 20.4. The van der Waals surface area contributed by atoms with E-state index in [1.165, 1.54) is 6.07 Å². The minimum absolute atomic E-state index is 0.198. The van der Waals surface area contributed by atoms with Crippen molar-refractivity contribution >= 4 is 15.9 Å². The van der Waals surface area contributed by atoms with E-state index in [-0.39, 0.29) is 11.8 Å². The van der Waals surface area contributed by atoms with Crippen LogP contribution in [0.5, 0.6) is 11.5 Å². The first kappa shape index (κ1) is 14.0. The monoisotopic (exact) mass is 323 g/mol. The van der Waals surface area contributed by atoms with Gasteiger partial charge in [0, 0.05) is 10.5 Å².